The molecular formula is C12H18N4O4. The van der Waals surface area contributed by atoms with Crippen LogP contribution in [-0.4, -0.2) is 34.2 Å². The predicted molar refractivity (Wildman–Crippen MR) is 71.5 cm³/mol. The second-order valence-electron chi connectivity index (χ2n) is 4.84. The van der Waals surface area contributed by atoms with E-state index in [0.717, 1.165) is 19.3 Å². The molecule has 0 saturated heterocycles. The number of nitro groups is 1. The summed E-state index contributed by atoms with van der Waals surface area (Å²) in [7, 11) is 1.66. The minimum atomic E-state index is -0.541. The molecule has 2 N–H and O–H groups in total. The Hall–Kier alpha value is -1.96. The van der Waals surface area contributed by atoms with Crippen LogP contribution in [0.1, 0.15) is 31.4 Å². The van der Waals surface area contributed by atoms with Crippen LogP contribution < -0.4 is 10.5 Å². The zero-order valence-corrected chi connectivity index (χ0v) is 11.5. The molecule has 1 heterocycles. The Morgan fingerprint density at radius 3 is 2.70 bits per heavy atom. The van der Waals surface area contributed by atoms with Gasteiger partial charge in [0.05, 0.1) is 11.0 Å². The van der Waals surface area contributed by atoms with Crippen molar-refractivity contribution < 1.29 is 14.4 Å². The summed E-state index contributed by atoms with van der Waals surface area (Å²) in [4.78, 5) is 18.2. The number of nitrogen functional groups attached to an aromatic ring is 1. The van der Waals surface area contributed by atoms with Gasteiger partial charge in [0.15, 0.2) is 0 Å². The predicted octanol–water partition coefficient (Wildman–Crippen LogP) is 1.61. The first-order chi connectivity index (χ1) is 9.51. The Labute approximate surface area is 116 Å². The maximum absolute atomic E-state index is 11.1. The van der Waals surface area contributed by atoms with Gasteiger partial charge in [0.2, 0.25) is 5.95 Å². The summed E-state index contributed by atoms with van der Waals surface area (Å²) >= 11 is 0. The van der Waals surface area contributed by atoms with Gasteiger partial charge in [-0.1, -0.05) is 0 Å². The van der Waals surface area contributed by atoms with Crippen LogP contribution in [0, 0.1) is 17.0 Å². The molecule has 0 spiro atoms. The molecule has 20 heavy (non-hydrogen) atoms. The smallest absolute Gasteiger partial charge is 0.352 e. The Kier molecular flexibility index (Phi) is 4.33. The number of nitrogens with zero attached hydrogens (tertiary/aromatic N) is 3. The van der Waals surface area contributed by atoms with Crippen molar-refractivity contribution in [3.05, 3.63) is 15.8 Å². The molecule has 2 atom stereocenters. The summed E-state index contributed by atoms with van der Waals surface area (Å²) in [5.74, 6) is -0.0797. The van der Waals surface area contributed by atoms with E-state index in [9.17, 15) is 10.1 Å². The maximum atomic E-state index is 11.1. The zero-order valence-electron chi connectivity index (χ0n) is 11.5. The molecule has 0 radical (unpaired) electrons. The molecule has 1 saturated carbocycles. The maximum Gasteiger partial charge on any atom is 0.352 e. The van der Waals surface area contributed by atoms with Crippen molar-refractivity contribution in [2.24, 2.45) is 0 Å². The lowest BCUT2D eigenvalue weighted by Gasteiger charge is -2.28. The summed E-state index contributed by atoms with van der Waals surface area (Å²) in [6, 6.07) is 0. The van der Waals surface area contributed by atoms with E-state index in [4.69, 9.17) is 15.2 Å². The van der Waals surface area contributed by atoms with Gasteiger partial charge in [0.25, 0.3) is 5.88 Å². The van der Waals surface area contributed by atoms with Crippen LogP contribution in [0.25, 0.3) is 0 Å². The first kappa shape index (κ1) is 14.4. The quantitative estimate of drug-likeness (QED) is 0.659. The van der Waals surface area contributed by atoms with Crippen LogP contribution in [0.2, 0.25) is 0 Å². The first-order valence-corrected chi connectivity index (χ1v) is 6.49. The molecule has 1 aromatic rings. The van der Waals surface area contributed by atoms with Gasteiger partial charge in [-0.25, -0.2) is 4.98 Å². The number of aryl methyl sites for hydroxylation is 1. The zero-order chi connectivity index (χ0) is 14.7. The Balaban J connectivity index is 2.22. The highest BCUT2D eigenvalue weighted by atomic mass is 16.6. The fourth-order valence-corrected chi connectivity index (χ4v) is 2.43. The van der Waals surface area contributed by atoms with Gasteiger partial charge in [-0.15, -0.1) is 0 Å². The molecule has 0 amide bonds. The molecule has 8 nitrogen and oxygen atoms in total. The van der Waals surface area contributed by atoms with Gasteiger partial charge in [0, 0.05) is 13.5 Å². The van der Waals surface area contributed by atoms with Crippen molar-refractivity contribution in [3.63, 3.8) is 0 Å². The third-order valence-corrected chi connectivity index (χ3v) is 3.42. The van der Waals surface area contributed by atoms with Gasteiger partial charge >= 0.3 is 5.69 Å². The summed E-state index contributed by atoms with van der Waals surface area (Å²) in [6.45, 7) is 1.52. The van der Waals surface area contributed by atoms with Gasteiger partial charge in [-0.05, 0) is 26.2 Å². The van der Waals surface area contributed by atoms with Crippen LogP contribution in [0.5, 0.6) is 5.88 Å². The van der Waals surface area contributed by atoms with Crippen molar-refractivity contribution in [3.8, 4) is 5.88 Å². The van der Waals surface area contributed by atoms with Crippen LogP contribution in [0.4, 0.5) is 11.6 Å². The van der Waals surface area contributed by atoms with E-state index in [1.54, 1.807) is 7.11 Å². The van der Waals surface area contributed by atoms with E-state index >= 15 is 0 Å². The number of nitrogens with two attached hydrogens (primary N) is 1. The number of methoxy groups -OCH3 is 1. The number of hydrogen-bond acceptors (Lipinski definition) is 7. The van der Waals surface area contributed by atoms with E-state index in [1.807, 2.05) is 0 Å². The standard InChI is InChI=1S/C12H18N4O4/c1-7-10(16(17)18)11(15-12(13)14-7)20-9-5-3-4-8(6-9)19-2/h8-9H,3-6H2,1-2H3,(H2,13,14,15). The van der Waals surface area contributed by atoms with Crippen molar-refractivity contribution in [1.82, 2.24) is 9.97 Å². The van der Waals surface area contributed by atoms with E-state index in [1.165, 1.54) is 6.92 Å². The Morgan fingerprint density at radius 1 is 1.35 bits per heavy atom. The average molecular weight is 282 g/mol. The van der Waals surface area contributed by atoms with Crippen LogP contribution in [0.3, 0.4) is 0 Å². The SMILES string of the molecule is COC1CCCC(Oc2nc(N)nc(C)c2[N+](=O)[O-])C1. The molecule has 0 aliphatic heterocycles. The molecule has 2 rings (SSSR count). The highest BCUT2D eigenvalue weighted by Crippen LogP contribution is 2.32. The Morgan fingerprint density at radius 2 is 2.05 bits per heavy atom. The lowest BCUT2D eigenvalue weighted by molar-refractivity contribution is -0.387. The second kappa shape index (κ2) is 6.00. The molecule has 1 fully saturated rings. The number of aromatic nitrogens is 2. The van der Waals surface area contributed by atoms with Gasteiger partial charge in [0.1, 0.15) is 11.8 Å². The van der Waals surface area contributed by atoms with Gasteiger partial charge in [-0.3, -0.25) is 10.1 Å². The van der Waals surface area contributed by atoms with Gasteiger partial charge in [-0.2, -0.15) is 4.98 Å². The summed E-state index contributed by atoms with van der Waals surface area (Å²) in [5, 5.41) is 11.1. The van der Waals surface area contributed by atoms with Crippen molar-refractivity contribution in [2.45, 2.75) is 44.8 Å². The van der Waals surface area contributed by atoms with Crippen LogP contribution in [0.15, 0.2) is 0 Å². The van der Waals surface area contributed by atoms with E-state index < -0.39 is 4.92 Å². The molecule has 0 bridgehead atoms. The first-order valence-electron chi connectivity index (χ1n) is 6.49. The molecule has 1 aromatic heterocycles. The summed E-state index contributed by atoms with van der Waals surface area (Å²) in [6.07, 6.45) is 3.41. The highest BCUT2D eigenvalue weighted by molar-refractivity contribution is 5.47. The van der Waals surface area contributed by atoms with E-state index in [2.05, 4.69) is 9.97 Å². The molecule has 0 aromatic carbocycles. The topological polar surface area (TPSA) is 113 Å². The molecule has 1 aliphatic rings. The minimum absolute atomic E-state index is 0.0257. The molecular weight excluding hydrogens is 264 g/mol. The monoisotopic (exact) mass is 282 g/mol. The normalized spacial score (nSPS) is 22.5. The van der Waals surface area contributed by atoms with Crippen LogP contribution >= 0.6 is 0 Å². The third kappa shape index (κ3) is 3.13. The Bertz CT molecular complexity index is 508. The largest absolute Gasteiger partial charge is 0.469 e. The lowest BCUT2D eigenvalue weighted by Crippen LogP contribution is -2.30. The molecule has 8 heteroatoms. The molecule has 1 aliphatic carbocycles. The fraction of sp³-hybridized carbons (Fsp3) is 0.667. The number of ether oxygens (including phenoxy) is 2. The fourth-order valence-electron chi connectivity index (χ4n) is 2.43. The highest BCUT2D eigenvalue weighted by Gasteiger charge is 2.29. The van der Waals surface area contributed by atoms with Crippen molar-refractivity contribution >= 4 is 11.6 Å². The van der Waals surface area contributed by atoms with Crippen molar-refractivity contribution in [1.29, 1.82) is 0 Å². The minimum Gasteiger partial charge on any atom is -0.469 e. The number of anilines is 1. The summed E-state index contributed by atoms with van der Waals surface area (Å²) in [5.41, 5.74) is 5.52. The number of rotatable bonds is 4. The van der Waals surface area contributed by atoms with Gasteiger partial charge < -0.3 is 15.2 Å². The lowest BCUT2D eigenvalue weighted by atomic mass is 9.95. The third-order valence-electron chi connectivity index (χ3n) is 3.42. The van der Waals surface area contributed by atoms with Crippen LogP contribution in [-0.2, 0) is 4.74 Å². The van der Waals surface area contributed by atoms with E-state index in [-0.39, 0.29) is 35.4 Å². The molecule has 2 unspecified atom stereocenters. The molecule has 110 valence electrons. The van der Waals surface area contributed by atoms with Crippen molar-refractivity contribution in [2.75, 3.05) is 12.8 Å². The van der Waals surface area contributed by atoms with E-state index in [0.29, 0.717) is 6.42 Å². The second-order valence-corrected chi connectivity index (χ2v) is 4.84. The average Bonchev–Trinajstić information content (AvgIpc) is 2.37. The summed E-state index contributed by atoms with van der Waals surface area (Å²) < 4.78 is 11.0. The number of hydrogen-bond donors (Lipinski definition) is 1.